The quantitative estimate of drug-likeness (QED) is 0.218. The fourth-order valence-corrected chi connectivity index (χ4v) is 11.9. The van der Waals surface area contributed by atoms with Gasteiger partial charge in [-0.1, -0.05) is 27.7 Å². The molecule has 2 aromatic heterocycles. The monoisotopic (exact) mass is 753 g/mol. The summed E-state index contributed by atoms with van der Waals surface area (Å²) in [5.41, 5.74) is 2.42. The van der Waals surface area contributed by atoms with Crippen LogP contribution < -0.4 is 9.80 Å². The molecule has 10 nitrogen and oxygen atoms in total. The molecule has 0 amide bonds. The van der Waals surface area contributed by atoms with E-state index in [0.29, 0.717) is 47.6 Å². The number of nitrogens with zero attached hydrogens (tertiary/aromatic N) is 8. The summed E-state index contributed by atoms with van der Waals surface area (Å²) in [6.45, 7) is 18.6. The Bertz CT molecular complexity index is 1600. The number of ketones is 2. The fraction of sp³-hybridized carbons (Fsp3) is 0.778. The van der Waals surface area contributed by atoms with Gasteiger partial charge >= 0.3 is 0 Å². The molecule has 2 aromatic rings. The second-order valence-electron chi connectivity index (χ2n) is 19.4. The number of rotatable bonds is 12. The average molecular weight is 753 g/mol. The topological polar surface area (TPSA) is 98.7 Å². The van der Waals surface area contributed by atoms with Crippen LogP contribution in [0.15, 0.2) is 24.8 Å². The van der Waals surface area contributed by atoms with Crippen LogP contribution in [0.5, 0.6) is 0 Å². The molecule has 4 bridgehead atoms. The SMILES string of the molecule is CCN1CC2CCC(C1)N2c1ncc(C2CCC(C(=O)C(C)CC(C)(C)N3CC4CCC(C3)N4c3ncc(C4CCC(C(=O)C(C)C)CC4)cn3)CC2)cn1. The number of aromatic nitrogens is 4. The van der Waals surface area contributed by atoms with Gasteiger partial charge in [0.25, 0.3) is 0 Å². The van der Waals surface area contributed by atoms with Crippen LogP contribution in [0.4, 0.5) is 11.9 Å². The second-order valence-corrected chi connectivity index (χ2v) is 19.4. The summed E-state index contributed by atoms with van der Waals surface area (Å²) in [5, 5.41) is 0. The Morgan fingerprint density at radius 3 is 1.42 bits per heavy atom. The lowest BCUT2D eigenvalue weighted by molar-refractivity contribution is -0.128. The standard InChI is InChI=1S/C45H68N8O2/c1-7-50-25-37-16-17-38(26-50)52(37)43-46-21-36(22-47-43)32-10-14-34(15-11-32)42(55)30(4)20-45(5,6)51-27-39-18-19-40(28-51)53(39)44-48-23-35(24-49-44)31-8-12-33(13-9-31)41(54)29(2)3/h21-24,29-34,37-40H,7-20,25-28H2,1-6H3. The number of piperazine rings is 2. The molecule has 6 aliphatic rings. The van der Waals surface area contributed by atoms with Crippen molar-refractivity contribution in [3.63, 3.8) is 0 Å². The number of anilines is 2. The van der Waals surface area contributed by atoms with Gasteiger partial charge in [-0.05, 0) is 127 Å². The highest BCUT2D eigenvalue weighted by atomic mass is 16.1. The summed E-state index contributed by atoms with van der Waals surface area (Å²) in [6, 6.07) is 1.89. The number of carbonyl (C=O) groups is 2. The Balaban J connectivity index is 0.805. The van der Waals surface area contributed by atoms with E-state index < -0.39 is 0 Å². The Morgan fingerprint density at radius 1 is 0.618 bits per heavy atom. The van der Waals surface area contributed by atoms with Crippen LogP contribution in [-0.4, -0.2) is 104 Å². The minimum atomic E-state index is -0.0541. The van der Waals surface area contributed by atoms with E-state index >= 15 is 0 Å². The van der Waals surface area contributed by atoms with Crippen molar-refractivity contribution < 1.29 is 9.59 Å². The third-order valence-corrected chi connectivity index (χ3v) is 15.2. The molecule has 4 aliphatic heterocycles. The summed E-state index contributed by atoms with van der Waals surface area (Å²) in [5.74, 6) is 4.16. The number of carbonyl (C=O) groups excluding carboxylic acids is 2. The second kappa shape index (κ2) is 16.1. The average Bonchev–Trinajstić information content (AvgIpc) is 3.62. The van der Waals surface area contributed by atoms with Gasteiger partial charge in [0, 0.05) is 104 Å². The van der Waals surface area contributed by atoms with Gasteiger partial charge in [0.2, 0.25) is 11.9 Å². The molecule has 6 heterocycles. The molecule has 0 N–H and O–H groups in total. The largest absolute Gasteiger partial charge is 0.332 e. The Hall–Kier alpha value is -2.98. The van der Waals surface area contributed by atoms with Crippen LogP contribution in [0.25, 0.3) is 0 Å². The molecule has 2 aliphatic carbocycles. The van der Waals surface area contributed by atoms with Gasteiger partial charge in [0.05, 0.1) is 0 Å². The molecule has 8 rings (SSSR count). The molecule has 6 fully saturated rings. The van der Waals surface area contributed by atoms with Crippen LogP contribution >= 0.6 is 0 Å². The summed E-state index contributed by atoms with van der Waals surface area (Å²) in [7, 11) is 0. The van der Waals surface area contributed by atoms with Gasteiger partial charge < -0.3 is 9.80 Å². The Labute approximate surface area is 330 Å². The lowest BCUT2D eigenvalue weighted by atomic mass is 9.74. The number of fused-ring (bicyclic) bond motifs is 4. The maximum absolute atomic E-state index is 13.9. The van der Waals surface area contributed by atoms with Crippen LogP contribution in [0, 0.1) is 23.7 Å². The first kappa shape index (κ1) is 38.9. The molecule has 4 saturated heterocycles. The predicted molar refractivity (Wildman–Crippen MR) is 218 cm³/mol. The van der Waals surface area contributed by atoms with E-state index in [4.69, 9.17) is 19.9 Å². The molecule has 55 heavy (non-hydrogen) atoms. The van der Waals surface area contributed by atoms with Gasteiger partial charge in [0.1, 0.15) is 11.6 Å². The van der Waals surface area contributed by atoms with Crippen LogP contribution in [0.3, 0.4) is 0 Å². The third kappa shape index (κ3) is 7.97. The van der Waals surface area contributed by atoms with E-state index in [1.165, 1.54) is 36.8 Å². The Morgan fingerprint density at radius 2 is 1.02 bits per heavy atom. The van der Waals surface area contributed by atoms with Crippen molar-refractivity contribution in [1.29, 1.82) is 0 Å². The molecule has 0 aromatic carbocycles. The molecule has 5 unspecified atom stereocenters. The van der Waals surface area contributed by atoms with E-state index in [0.717, 1.165) is 102 Å². The van der Waals surface area contributed by atoms with E-state index in [-0.39, 0.29) is 29.2 Å². The minimum Gasteiger partial charge on any atom is -0.332 e. The molecule has 5 atom stereocenters. The minimum absolute atomic E-state index is 0.0489. The van der Waals surface area contributed by atoms with E-state index in [1.54, 1.807) is 0 Å². The zero-order valence-electron chi connectivity index (χ0n) is 34.7. The first-order chi connectivity index (χ1) is 26.5. The molecule has 10 heteroatoms. The van der Waals surface area contributed by atoms with Crippen molar-refractivity contribution in [1.82, 2.24) is 29.7 Å². The summed E-state index contributed by atoms with van der Waals surface area (Å²) < 4.78 is 0. The number of hydrogen-bond acceptors (Lipinski definition) is 10. The van der Waals surface area contributed by atoms with Gasteiger partial charge in [-0.25, -0.2) is 19.9 Å². The molecular weight excluding hydrogens is 685 g/mol. The van der Waals surface area contributed by atoms with Crippen LogP contribution in [-0.2, 0) is 9.59 Å². The molecular formula is C45H68N8O2. The number of Topliss-reactive ketones (excluding diaryl/α,β-unsaturated/α-hetero) is 2. The van der Waals surface area contributed by atoms with E-state index in [1.807, 2.05) is 13.8 Å². The van der Waals surface area contributed by atoms with Crippen LogP contribution in [0.1, 0.15) is 148 Å². The number of likely N-dealkylation sites (N-methyl/N-ethyl adjacent to an activating group) is 1. The fourth-order valence-electron chi connectivity index (χ4n) is 11.9. The first-order valence-corrected chi connectivity index (χ1v) is 22.2. The Kier molecular flexibility index (Phi) is 11.4. The summed E-state index contributed by atoms with van der Waals surface area (Å²) in [6.07, 6.45) is 22.1. The number of hydrogen-bond donors (Lipinski definition) is 0. The third-order valence-electron chi connectivity index (χ3n) is 15.2. The van der Waals surface area contributed by atoms with Gasteiger partial charge in [0.15, 0.2) is 0 Å². The highest BCUT2D eigenvalue weighted by Gasteiger charge is 2.46. The van der Waals surface area contributed by atoms with Crippen molar-refractivity contribution in [2.24, 2.45) is 23.7 Å². The van der Waals surface area contributed by atoms with Crippen molar-refractivity contribution in [3.8, 4) is 0 Å². The van der Waals surface area contributed by atoms with E-state index in [9.17, 15) is 9.59 Å². The summed E-state index contributed by atoms with van der Waals surface area (Å²) in [4.78, 5) is 56.4. The maximum Gasteiger partial charge on any atom is 0.225 e. The maximum atomic E-state index is 13.9. The van der Waals surface area contributed by atoms with Gasteiger partial charge in [-0.3, -0.25) is 19.4 Å². The van der Waals surface area contributed by atoms with Crippen molar-refractivity contribution in [3.05, 3.63) is 35.9 Å². The van der Waals surface area contributed by atoms with E-state index in [2.05, 4.69) is 72.1 Å². The predicted octanol–water partition coefficient (Wildman–Crippen LogP) is 7.44. The highest BCUT2D eigenvalue weighted by Crippen LogP contribution is 2.42. The lowest BCUT2D eigenvalue weighted by Gasteiger charge is -2.48. The molecule has 300 valence electrons. The smallest absolute Gasteiger partial charge is 0.225 e. The van der Waals surface area contributed by atoms with Crippen molar-refractivity contribution in [2.45, 2.75) is 167 Å². The normalized spacial score (nSPS) is 32.3. The zero-order valence-corrected chi connectivity index (χ0v) is 34.7. The zero-order chi connectivity index (χ0) is 38.4. The van der Waals surface area contributed by atoms with Crippen molar-refractivity contribution >= 4 is 23.5 Å². The van der Waals surface area contributed by atoms with Crippen LogP contribution in [0.2, 0.25) is 0 Å². The lowest BCUT2D eigenvalue weighted by Crippen LogP contribution is -2.60. The molecule has 2 saturated carbocycles. The summed E-state index contributed by atoms with van der Waals surface area (Å²) >= 11 is 0. The van der Waals surface area contributed by atoms with Crippen molar-refractivity contribution in [2.75, 3.05) is 42.5 Å². The first-order valence-electron chi connectivity index (χ1n) is 22.2. The molecule has 0 spiro atoms. The highest BCUT2D eigenvalue weighted by molar-refractivity contribution is 5.83. The van der Waals surface area contributed by atoms with Gasteiger partial charge in [-0.15, -0.1) is 0 Å². The molecule has 0 radical (unpaired) electrons. The van der Waals surface area contributed by atoms with Gasteiger partial charge in [-0.2, -0.15) is 0 Å². The number of likely N-dealkylation sites (tertiary alicyclic amines) is 2.